The van der Waals surface area contributed by atoms with E-state index in [1.165, 1.54) is 6.92 Å². The first-order valence-electron chi connectivity index (χ1n) is 5.52. The number of amides is 1. The highest BCUT2D eigenvalue weighted by atomic mass is 16.1. The Morgan fingerprint density at radius 2 is 1.94 bits per heavy atom. The SMILES string of the molecule is CCC(=O)Nc1cc(C(C)=O)ccc1CC. The molecular weight excluding hydrogens is 202 g/mol. The Morgan fingerprint density at radius 3 is 2.44 bits per heavy atom. The second-order valence-electron chi connectivity index (χ2n) is 3.68. The summed E-state index contributed by atoms with van der Waals surface area (Å²) in [7, 11) is 0. The molecule has 1 aromatic rings. The number of hydrogen-bond acceptors (Lipinski definition) is 2. The van der Waals surface area contributed by atoms with E-state index < -0.39 is 0 Å². The number of carbonyl (C=O) groups is 2. The van der Waals surface area contributed by atoms with Crippen LogP contribution in [0.4, 0.5) is 5.69 Å². The third kappa shape index (κ3) is 2.92. The topological polar surface area (TPSA) is 46.2 Å². The molecule has 0 radical (unpaired) electrons. The van der Waals surface area contributed by atoms with Gasteiger partial charge < -0.3 is 5.32 Å². The fourth-order valence-electron chi connectivity index (χ4n) is 1.46. The van der Waals surface area contributed by atoms with Crippen LogP contribution in [0.15, 0.2) is 18.2 Å². The summed E-state index contributed by atoms with van der Waals surface area (Å²) in [6, 6.07) is 5.43. The van der Waals surface area contributed by atoms with Gasteiger partial charge in [0.05, 0.1) is 0 Å². The molecule has 3 heteroatoms. The van der Waals surface area contributed by atoms with Crippen LogP contribution in [0.5, 0.6) is 0 Å². The average Bonchev–Trinajstić information content (AvgIpc) is 2.28. The van der Waals surface area contributed by atoms with Crippen LogP contribution >= 0.6 is 0 Å². The standard InChI is InChI=1S/C13H17NO2/c1-4-10-6-7-11(9(3)15)8-12(10)14-13(16)5-2/h6-8H,4-5H2,1-3H3,(H,14,16). The van der Waals surface area contributed by atoms with E-state index in [9.17, 15) is 9.59 Å². The van der Waals surface area contributed by atoms with Gasteiger partial charge in [0, 0.05) is 17.7 Å². The summed E-state index contributed by atoms with van der Waals surface area (Å²) >= 11 is 0. The van der Waals surface area contributed by atoms with E-state index in [4.69, 9.17) is 0 Å². The molecule has 1 N–H and O–H groups in total. The maximum atomic E-state index is 11.3. The van der Waals surface area contributed by atoms with Crippen LogP contribution in [-0.4, -0.2) is 11.7 Å². The Labute approximate surface area is 95.9 Å². The van der Waals surface area contributed by atoms with E-state index in [1.54, 1.807) is 19.1 Å². The first kappa shape index (κ1) is 12.4. The molecule has 0 saturated carbocycles. The van der Waals surface area contributed by atoms with Crippen LogP contribution in [0, 0.1) is 0 Å². The van der Waals surface area contributed by atoms with E-state index >= 15 is 0 Å². The number of ketones is 1. The van der Waals surface area contributed by atoms with E-state index in [1.807, 2.05) is 13.0 Å². The van der Waals surface area contributed by atoms with Gasteiger partial charge in [-0.05, 0) is 25.0 Å². The average molecular weight is 219 g/mol. The fourth-order valence-corrected chi connectivity index (χ4v) is 1.46. The summed E-state index contributed by atoms with van der Waals surface area (Å²) in [4.78, 5) is 22.6. The summed E-state index contributed by atoms with van der Waals surface area (Å²) in [6.07, 6.45) is 1.27. The number of benzene rings is 1. The van der Waals surface area contributed by atoms with E-state index in [0.717, 1.165) is 17.7 Å². The zero-order valence-electron chi connectivity index (χ0n) is 9.96. The lowest BCUT2D eigenvalue weighted by molar-refractivity contribution is -0.115. The smallest absolute Gasteiger partial charge is 0.224 e. The van der Waals surface area contributed by atoms with Gasteiger partial charge >= 0.3 is 0 Å². The van der Waals surface area contributed by atoms with Crippen LogP contribution in [-0.2, 0) is 11.2 Å². The molecule has 1 rings (SSSR count). The van der Waals surface area contributed by atoms with Gasteiger partial charge in [0.1, 0.15) is 0 Å². The quantitative estimate of drug-likeness (QED) is 0.791. The number of nitrogens with one attached hydrogen (secondary N) is 1. The highest BCUT2D eigenvalue weighted by Crippen LogP contribution is 2.19. The summed E-state index contributed by atoms with van der Waals surface area (Å²) in [6.45, 7) is 5.34. The predicted octanol–water partition coefficient (Wildman–Crippen LogP) is 2.80. The molecule has 0 aliphatic heterocycles. The highest BCUT2D eigenvalue weighted by Gasteiger charge is 2.07. The predicted molar refractivity (Wildman–Crippen MR) is 64.7 cm³/mol. The summed E-state index contributed by atoms with van der Waals surface area (Å²) in [5.74, 6) is -0.0231. The first-order chi connectivity index (χ1) is 7.58. The molecule has 16 heavy (non-hydrogen) atoms. The Kier molecular flexibility index (Phi) is 4.23. The van der Waals surface area contributed by atoms with Crippen LogP contribution in [0.3, 0.4) is 0 Å². The molecule has 0 aliphatic rings. The number of hydrogen-bond donors (Lipinski definition) is 1. The van der Waals surface area contributed by atoms with Gasteiger partial charge in [-0.2, -0.15) is 0 Å². The molecule has 86 valence electrons. The molecular formula is C13H17NO2. The molecule has 0 saturated heterocycles. The molecule has 0 unspecified atom stereocenters. The van der Waals surface area contributed by atoms with Gasteiger partial charge in [0.15, 0.2) is 5.78 Å². The molecule has 0 spiro atoms. The third-order valence-corrected chi connectivity index (χ3v) is 2.49. The van der Waals surface area contributed by atoms with Gasteiger partial charge in [0.2, 0.25) is 5.91 Å². The zero-order valence-corrected chi connectivity index (χ0v) is 9.96. The van der Waals surface area contributed by atoms with Gasteiger partial charge in [0.25, 0.3) is 0 Å². The van der Waals surface area contributed by atoms with Crippen molar-refractivity contribution in [1.82, 2.24) is 0 Å². The molecule has 0 fully saturated rings. The minimum absolute atomic E-state index is 0.00894. The van der Waals surface area contributed by atoms with Gasteiger partial charge in [-0.3, -0.25) is 9.59 Å². The Hall–Kier alpha value is -1.64. The van der Waals surface area contributed by atoms with Crippen molar-refractivity contribution >= 4 is 17.4 Å². The lowest BCUT2D eigenvalue weighted by Crippen LogP contribution is -2.11. The van der Waals surface area contributed by atoms with Crippen LogP contribution < -0.4 is 5.32 Å². The molecule has 0 aromatic heterocycles. The molecule has 0 heterocycles. The first-order valence-corrected chi connectivity index (χ1v) is 5.52. The van der Waals surface area contributed by atoms with Crippen molar-refractivity contribution in [2.24, 2.45) is 0 Å². The molecule has 3 nitrogen and oxygen atoms in total. The van der Waals surface area contributed by atoms with Crippen molar-refractivity contribution in [1.29, 1.82) is 0 Å². The summed E-state index contributed by atoms with van der Waals surface area (Å²) < 4.78 is 0. The van der Waals surface area contributed by atoms with Crippen molar-refractivity contribution < 1.29 is 9.59 Å². The van der Waals surface area contributed by atoms with Crippen molar-refractivity contribution in [2.75, 3.05) is 5.32 Å². The second-order valence-corrected chi connectivity index (χ2v) is 3.68. The summed E-state index contributed by atoms with van der Waals surface area (Å²) in [5.41, 5.74) is 2.43. The van der Waals surface area contributed by atoms with E-state index in [2.05, 4.69) is 5.32 Å². The highest BCUT2D eigenvalue weighted by molar-refractivity contribution is 5.97. The van der Waals surface area contributed by atoms with Crippen molar-refractivity contribution in [3.05, 3.63) is 29.3 Å². The van der Waals surface area contributed by atoms with Crippen molar-refractivity contribution in [2.45, 2.75) is 33.6 Å². The normalized spacial score (nSPS) is 9.94. The van der Waals surface area contributed by atoms with Gasteiger partial charge in [-0.1, -0.05) is 26.0 Å². The number of anilines is 1. The van der Waals surface area contributed by atoms with Crippen LogP contribution in [0.1, 0.15) is 43.1 Å². The number of carbonyl (C=O) groups excluding carboxylic acids is 2. The van der Waals surface area contributed by atoms with Gasteiger partial charge in [-0.15, -0.1) is 0 Å². The lowest BCUT2D eigenvalue weighted by atomic mass is 10.0. The van der Waals surface area contributed by atoms with E-state index in [0.29, 0.717) is 12.0 Å². The van der Waals surface area contributed by atoms with E-state index in [-0.39, 0.29) is 11.7 Å². The molecule has 1 amide bonds. The number of Topliss-reactive ketones (excluding diaryl/α,β-unsaturated/α-hetero) is 1. The fraction of sp³-hybridized carbons (Fsp3) is 0.385. The Balaban J connectivity index is 3.06. The minimum Gasteiger partial charge on any atom is -0.326 e. The largest absolute Gasteiger partial charge is 0.326 e. The van der Waals surface area contributed by atoms with Crippen LogP contribution in [0.2, 0.25) is 0 Å². The second kappa shape index (κ2) is 5.45. The molecule has 0 bridgehead atoms. The monoisotopic (exact) mass is 219 g/mol. The number of aryl methyl sites for hydroxylation is 1. The molecule has 0 aliphatic carbocycles. The minimum atomic E-state index is -0.0320. The summed E-state index contributed by atoms with van der Waals surface area (Å²) in [5, 5.41) is 2.82. The Bertz CT molecular complexity index is 410. The third-order valence-electron chi connectivity index (χ3n) is 2.49. The van der Waals surface area contributed by atoms with Crippen molar-refractivity contribution in [3.8, 4) is 0 Å². The molecule has 1 aromatic carbocycles. The van der Waals surface area contributed by atoms with Gasteiger partial charge in [-0.25, -0.2) is 0 Å². The number of rotatable bonds is 4. The lowest BCUT2D eigenvalue weighted by Gasteiger charge is -2.10. The van der Waals surface area contributed by atoms with Crippen LogP contribution in [0.25, 0.3) is 0 Å². The Morgan fingerprint density at radius 1 is 1.25 bits per heavy atom. The maximum Gasteiger partial charge on any atom is 0.224 e. The maximum absolute atomic E-state index is 11.3. The van der Waals surface area contributed by atoms with Crippen molar-refractivity contribution in [3.63, 3.8) is 0 Å². The zero-order chi connectivity index (χ0) is 12.1. The molecule has 0 atom stereocenters.